The van der Waals surface area contributed by atoms with E-state index in [2.05, 4.69) is 10.6 Å². The van der Waals surface area contributed by atoms with Gasteiger partial charge in [-0.05, 0) is 49.2 Å². The van der Waals surface area contributed by atoms with Gasteiger partial charge in [0.2, 0.25) is 5.91 Å². The van der Waals surface area contributed by atoms with Crippen LogP contribution in [-0.4, -0.2) is 45.4 Å². The molecule has 31 heavy (non-hydrogen) atoms. The molecule has 2 fully saturated rings. The molecule has 1 heterocycles. The van der Waals surface area contributed by atoms with Gasteiger partial charge < -0.3 is 15.5 Å². The van der Waals surface area contributed by atoms with E-state index in [0.717, 1.165) is 12.8 Å². The first-order valence-corrected chi connectivity index (χ1v) is 10.9. The van der Waals surface area contributed by atoms with Crippen LogP contribution in [0.15, 0.2) is 42.5 Å². The minimum atomic E-state index is -0.698. The molecular weight excluding hydrogens is 418 g/mol. The standard InChI is InChI=1S/C21H19N5O4S/c22-10-13-1-4-16(5-2-13)24-20(27)19-11-31-12-25(19)21(28)14-3-8-17(23-15-6-7-15)18(9-14)26(29)30/h1-5,8-9,15,19,23H,6-7,11-12H2,(H,24,27). The first kappa shape index (κ1) is 20.7. The fourth-order valence-electron chi connectivity index (χ4n) is 3.26. The maximum atomic E-state index is 13.1. The maximum Gasteiger partial charge on any atom is 0.293 e. The SMILES string of the molecule is N#Cc1ccc(NC(=O)C2CSCN2C(=O)c2ccc(NC3CC3)c([N+](=O)[O-])c2)cc1. The van der Waals surface area contributed by atoms with Crippen LogP contribution in [0, 0.1) is 21.4 Å². The molecule has 2 aliphatic rings. The van der Waals surface area contributed by atoms with Crippen LogP contribution in [0.5, 0.6) is 0 Å². The Kier molecular flexibility index (Phi) is 5.77. The number of carbonyl (C=O) groups excluding carboxylic acids is 2. The quantitative estimate of drug-likeness (QED) is 0.524. The summed E-state index contributed by atoms with van der Waals surface area (Å²) in [5, 5.41) is 26.2. The molecular formula is C21H19N5O4S. The average Bonchev–Trinajstić information content (AvgIpc) is 3.45. The summed E-state index contributed by atoms with van der Waals surface area (Å²) in [6.45, 7) is 0. The highest BCUT2D eigenvalue weighted by Crippen LogP contribution is 2.33. The van der Waals surface area contributed by atoms with Gasteiger partial charge in [-0.2, -0.15) is 5.26 Å². The summed E-state index contributed by atoms with van der Waals surface area (Å²) in [5.41, 5.74) is 1.43. The van der Waals surface area contributed by atoms with Crippen molar-refractivity contribution in [3.05, 3.63) is 63.7 Å². The van der Waals surface area contributed by atoms with Crippen molar-refractivity contribution in [3.63, 3.8) is 0 Å². The second kappa shape index (κ2) is 8.65. The zero-order valence-corrected chi connectivity index (χ0v) is 17.2. The Labute approximate surface area is 182 Å². The van der Waals surface area contributed by atoms with Gasteiger partial charge in [-0.3, -0.25) is 19.7 Å². The number of hydrogen-bond acceptors (Lipinski definition) is 7. The van der Waals surface area contributed by atoms with Gasteiger partial charge in [-0.25, -0.2) is 0 Å². The molecule has 2 N–H and O–H groups in total. The largest absolute Gasteiger partial charge is 0.377 e. The first-order chi connectivity index (χ1) is 15.0. The van der Waals surface area contributed by atoms with E-state index in [1.165, 1.54) is 22.7 Å². The molecule has 1 aliphatic heterocycles. The highest BCUT2D eigenvalue weighted by atomic mass is 32.2. The Hall–Kier alpha value is -3.58. The Balaban J connectivity index is 1.50. The van der Waals surface area contributed by atoms with Crippen molar-refractivity contribution in [1.82, 2.24) is 4.90 Å². The van der Waals surface area contributed by atoms with Gasteiger partial charge in [-0.1, -0.05) is 0 Å². The fraction of sp³-hybridized carbons (Fsp3) is 0.286. The van der Waals surface area contributed by atoms with Crippen molar-refractivity contribution < 1.29 is 14.5 Å². The Morgan fingerprint density at radius 1 is 1.19 bits per heavy atom. The van der Waals surface area contributed by atoms with Crippen LogP contribution >= 0.6 is 11.8 Å². The molecule has 1 aliphatic carbocycles. The molecule has 0 bridgehead atoms. The smallest absolute Gasteiger partial charge is 0.293 e. The number of amides is 2. The highest BCUT2D eigenvalue weighted by molar-refractivity contribution is 7.99. The third kappa shape index (κ3) is 4.62. The lowest BCUT2D eigenvalue weighted by Gasteiger charge is -2.23. The molecule has 10 heteroatoms. The second-order valence-corrected chi connectivity index (χ2v) is 8.38. The number of thioether (sulfide) groups is 1. The molecule has 9 nitrogen and oxygen atoms in total. The van der Waals surface area contributed by atoms with Crippen LogP contribution in [0.1, 0.15) is 28.8 Å². The molecule has 158 valence electrons. The second-order valence-electron chi connectivity index (χ2n) is 7.38. The number of carbonyl (C=O) groups is 2. The molecule has 2 aromatic carbocycles. The van der Waals surface area contributed by atoms with Crippen LogP contribution in [0.3, 0.4) is 0 Å². The lowest BCUT2D eigenvalue weighted by molar-refractivity contribution is -0.384. The zero-order valence-electron chi connectivity index (χ0n) is 16.4. The van der Waals surface area contributed by atoms with Gasteiger partial charge in [0.15, 0.2) is 0 Å². The summed E-state index contributed by atoms with van der Waals surface area (Å²) in [7, 11) is 0. The van der Waals surface area contributed by atoms with E-state index in [4.69, 9.17) is 5.26 Å². The van der Waals surface area contributed by atoms with Crippen LogP contribution in [0.2, 0.25) is 0 Å². The number of hydrogen-bond donors (Lipinski definition) is 2. The third-order valence-electron chi connectivity index (χ3n) is 5.11. The Morgan fingerprint density at radius 3 is 2.58 bits per heavy atom. The lowest BCUT2D eigenvalue weighted by Crippen LogP contribution is -2.44. The van der Waals surface area contributed by atoms with Gasteiger partial charge in [0.1, 0.15) is 11.7 Å². The Bertz CT molecular complexity index is 1080. The van der Waals surface area contributed by atoms with E-state index in [1.54, 1.807) is 36.4 Å². The van der Waals surface area contributed by atoms with Crippen molar-refractivity contribution in [2.45, 2.75) is 24.9 Å². The monoisotopic (exact) mass is 437 g/mol. The van der Waals surface area contributed by atoms with E-state index >= 15 is 0 Å². The maximum absolute atomic E-state index is 13.1. The molecule has 1 saturated heterocycles. The first-order valence-electron chi connectivity index (χ1n) is 9.71. The number of nitriles is 1. The number of nitro groups is 1. The van der Waals surface area contributed by atoms with Crippen molar-refractivity contribution >= 4 is 40.6 Å². The van der Waals surface area contributed by atoms with Crippen molar-refractivity contribution in [2.75, 3.05) is 22.3 Å². The summed E-state index contributed by atoms with van der Waals surface area (Å²) in [6, 6.07) is 12.4. The summed E-state index contributed by atoms with van der Waals surface area (Å²) >= 11 is 1.44. The molecule has 2 amide bonds. The van der Waals surface area contributed by atoms with Gasteiger partial charge in [0.05, 0.1) is 22.4 Å². The summed E-state index contributed by atoms with van der Waals surface area (Å²) in [5.74, 6) is -0.0205. The van der Waals surface area contributed by atoms with Crippen LogP contribution in [0.25, 0.3) is 0 Å². The van der Waals surface area contributed by atoms with Crippen LogP contribution < -0.4 is 10.6 Å². The molecule has 1 unspecified atom stereocenters. The van der Waals surface area contributed by atoms with E-state index in [-0.39, 0.29) is 23.2 Å². The molecule has 0 radical (unpaired) electrons. The van der Waals surface area contributed by atoms with Gasteiger partial charge in [0, 0.05) is 29.1 Å². The predicted molar refractivity (Wildman–Crippen MR) is 117 cm³/mol. The Morgan fingerprint density at radius 2 is 1.94 bits per heavy atom. The number of rotatable bonds is 6. The number of nitrogens with one attached hydrogen (secondary N) is 2. The fourth-order valence-corrected chi connectivity index (χ4v) is 4.42. The number of benzene rings is 2. The van der Waals surface area contributed by atoms with E-state index < -0.39 is 16.9 Å². The normalized spacial score (nSPS) is 17.6. The van der Waals surface area contributed by atoms with E-state index in [0.29, 0.717) is 28.6 Å². The molecule has 2 aromatic rings. The summed E-state index contributed by atoms with van der Waals surface area (Å²) in [4.78, 5) is 38.3. The third-order valence-corrected chi connectivity index (χ3v) is 6.12. The van der Waals surface area contributed by atoms with Crippen molar-refractivity contribution in [3.8, 4) is 6.07 Å². The number of anilines is 2. The van der Waals surface area contributed by atoms with Crippen molar-refractivity contribution in [2.24, 2.45) is 0 Å². The molecule has 0 aromatic heterocycles. The molecule has 1 atom stereocenters. The van der Waals surface area contributed by atoms with E-state index in [1.807, 2.05) is 6.07 Å². The zero-order chi connectivity index (χ0) is 22.0. The highest BCUT2D eigenvalue weighted by Gasteiger charge is 2.36. The van der Waals surface area contributed by atoms with Crippen LogP contribution in [0.4, 0.5) is 17.1 Å². The number of nitro benzene ring substituents is 1. The summed E-state index contributed by atoms with van der Waals surface area (Å²) in [6.07, 6.45) is 1.94. The molecule has 1 saturated carbocycles. The van der Waals surface area contributed by atoms with Crippen LogP contribution in [-0.2, 0) is 4.79 Å². The minimum absolute atomic E-state index is 0.150. The molecule has 4 rings (SSSR count). The topological polar surface area (TPSA) is 128 Å². The van der Waals surface area contributed by atoms with Crippen molar-refractivity contribution in [1.29, 1.82) is 5.26 Å². The lowest BCUT2D eigenvalue weighted by atomic mass is 10.1. The van der Waals surface area contributed by atoms with E-state index in [9.17, 15) is 19.7 Å². The average molecular weight is 437 g/mol. The summed E-state index contributed by atoms with van der Waals surface area (Å²) < 4.78 is 0. The van der Waals surface area contributed by atoms with Gasteiger partial charge in [0.25, 0.3) is 11.6 Å². The van der Waals surface area contributed by atoms with Gasteiger partial charge >= 0.3 is 0 Å². The predicted octanol–water partition coefficient (Wildman–Crippen LogP) is 3.19. The number of nitrogens with zero attached hydrogens (tertiary/aromatic N) is 3. The minimum Gasteiger partial charge on any atom is -0.377 e. The molecule has 0 spiro atoms. The van der Waals surface area contributed by atoms with Gasteiger partial charge in [-0.15, -0.1) is 11.8 Å².